The Hall–Kier alpha value is -4.69. The van der Waals surface area contributed by atoms with Crippen LogP contribution in [0.1, 0.15) is 77.5 Å². The summed E-state index contributed by atoms with van der Waals surface area (Å²) >= 11 is 0. The first-order valence-corrected chi connectivity index (χ1v) is 22.5. The number of rotatable bonds is 30. The molecule has 0 aliphatic carbocycles. The van der Waals surface area contributed by atoms with E-state index in [2.05, 4.69) is 30.3 Å². The fraction of sp³-hybridized carbons (Fsp3) is 0.619. The maximum atomic E-state index is 14.2. The molecule has 1 saturated heterocycles. The number of nitrogens with one attached hydrogen (secondary N) is 3. The zero-order valence-electron chi connectivity index (χ0n) is 36.6. The third-order valence-electron chi connectivity index (χ3n) is 10.4. The summed E-state index contributed by atoms with van der Waals surface area (Å²) in [5.41, 5.74) is 1.61. The summed E-state index contributed by atoms with van der Waals surface area (Å²) in [7, 11) is -3.49. The number of nitrogens with zero attached hydrogens (tertiary/aromatic N) is 3. The summed E-state index contributed by atoms with van der Waals surface area (Å²) in [6.07, 6.45) is 2.97. The topological polar surface area (TPSA) is 285 Å². The van der Waals surface area contributed by atoms with E-state index in [1.807, 2.05) is 44.2 Å². The number of hydrogen-bond acceptors (Lipinski definition) is 14. The van der Waals surface area contributed by atoms with Crippen LogP contribution in [0.25, 0.3) is 0 Å². The molecule has 1 aliphatic heterocycles. The van der Waals surface area contributed by atoms with Gasteiger partial charge in [0.25, 0.3) is 0 Å². The average molecular weight is 907 g/mol. The molecule has 1 fully saturated rings. The smallest absolute Gasteiger partial charge is 0.394 e. The van der Waals surface area contributed by atoms with Gasteiger partial charge in [-0.05, 0) is 44.6 Å². The van der Waals surface area contributed by atoms with Crippen molar-refractivity contribution < 1.29 is 67.1 Å². The van der Waals surface area contributed by atoms with Crippen molar-refractivity contribution in [2.45, 2.75) is 109 Å². The number of hydrogen-bond donors (Lipinski definition) is 6. The highest BCUT2D eigenvalue weighted by Gasteiger charge is 2.42. The lowest BCUT2D eigenvalue weighted by Gasteiger charge is -2.28. The van der Waals surface area contributed by atoms with E-state index in [9.17, 15) is 48.2 Å². The van der Waals surface area contributed by atoms with Crippen molar-refractivity contribution in [2.24, 2.45) is 22.9 Å². The summed E-state index contributed by atoms with van der Waals surface area (Å²) in [6.45, 7) is 5.92. The number of H-pyrrole nitrogens is 1. The second-order valence-electron chi connectivity index (χ2n) is 16.0. The van der Waals surface area contributed by atoms with Crippen molar-refractivity contribution in [3.8, 4) is 0 Å². The Morgan fingerprint density at radius 3 is 2.35 bits per heavy atom. The number of carbonyl (C=O) groups is 6. The molecule has 1 aromatic carbocycles. The fourth-order valence-electron chi connectivity index (χ4n) is 7.12. The van der Waals surface area contributed by atoms with Crippen LogP contribution < -0.4 is 10.6 Å². The van der Waals surface area contributed by atoms with E-state index < -0.39 is 98.6 Å². The Morgan fingerprint density at radius 1 is 1.02 bits per heavy atom. The number of phosphoric ester groups is 1. The van der Waals surface area contributed by atoms with E-state index in [0.29, 0.717) is 18.7 Å². The molecular weight excluding hydrogens is 843 g/mol. The molecule has 0 saturated carbocycles. The number of methoxy groups -OCH3 is 1. The van der Waals surface area contributed by atoms with E-state index in [0.717, 1.165) is 18.9 Å². The van der Waals surface area contributed by atoms with Gasteiger partial charge in [-0.3, -0.25) is 33.3 Å². The van der Waals surface area contributed by atoms with Crippen molar-refractivity contribution in [1.82, 2.24) is 25.5 Å². The molecule has 1 aliphatic rings. The highest BCUT2D eigenvalue weighted by molar-refractivity contribution is 7.46. The van der Waals surface area contributed by atoms with Gasteiger partial charge < -0.3 is 49.7 Å². The quantitative estimate of drug-likeness (QED) is 0.0282. The Labute approximate surface area is 367 Å². The molecule has 63 heavy (non-hydrogen) atoms. The highest BCUT2D eigenvalue weighted by Crippen LogP contribution is 2.39. The Bertz CT molecular complexity index is 1840. The number of oxime groups is 1. The van der Waals surface area contributed by atoms with Gasteiger partial charge in [0.05, 0.1) is 69.7 Å². The minimum atomic E-state index is -5.02. The maximum Gasteiger partial charge on any atom is 0.469 e. The molecule has 21 heteroatoms. The van der Waals surface area contributed by atoms with E-state index in [1.54, 1.807) is 6.21 Å². The minimum absolute atomic E-state index is 0.0216. The standard InChI is InChI=1S/C42H63N6O14P/c1-27(2)18-35(46-42(55)37-21-33(24-48(37)40(53)13-15-60-17-16-59-5)61-45-14-9-12-30-10-7-6-8-11-30)38(51)20-31(19-32-23-43-26-44-32)41(54)47-36(25-49)39(52)22-34(28(3)50)29(4)62-63(56,57)58/h6-8,10-11,14,23,26-27,29,31,33-37,49H,9,12-13,15-22,24-25H2,1-5H3,(H,43,44)(H,46,55)(H,47,54)(H2,56,57,58)/b45-14-/t29?,31-,33-,34-,35+,36+,37+/m1/s1. The van der Waals surface area contributed by atoms with Gasteiger partial charge in [-0.15, -0.1) is 0 Å². The lowest BCUT2D eigenvalue weighted by molar-refractivity contribution is -0.140. The number of ketones is 3. The summed E-state index contributed by atoms with van der Waals surface area (Å²) in [5, 5.41) is 19.6. The first-order chi connectivity index (χ1) is 29.9. The number of ether oxygens (including phenoxy) is 2. The van der Waals surface area contributed by atoms with Gasteiger partial charge in [-0.25, -0.2) is 9.55 Å². The SMILES string of the molecule is COCCOCCC(=O)N1C[C@H](O/N=C\CCc2ccccc2)C[C@H]1C(=O)N[C@@H](CC(C)C)C(=O)C[C@@H](Cc1cnc[nH]1)C(=O)N[C@@H](CO)C(=O)C[C@H](C(C)=O)C(C)OP(=O)(O)O. The molecule has 7 atom stereocenters. The Balaban J connectivity index is 1.78. The number of aromatic nitrogens is 2. The second kappa shape index (κ2) is 26.8. The van der Waals surface area contributed by atoms with Crippen LogP contribution >= 0.6 is 7.82 Å². The summed E-state index contributed by atoms with van der Waals surface area (Å²) < 4.78 is 26.5. The number of carbonyl (C=O) groups excluding carboxylic acids is 6. The largest absolute Gasteiger partial charge is 0.469 e. The van der Waals surface area contributed by atoms with Crippen LogP contribution in [0.2, 0.25) is 0 Å². The first kappa shape index (κ1) is 52.7. The minimum Gasteiger partial charge on any atom is -0.394 e. The molecule has 3 rings (SSSR count). The zero-order chi connectivity index (χ0) is 46.5. The maximum absolute atomic E-state index is 14.2. The molecule has 0 bridgehead atoms. The third-order valence-corrected chi connectivity index (χ3v) is 11.0. The van der Waals surface area contributed by atoms with E-state index >= 15 is 0 Å². The summed E-state index contributed by atoms with van der Waals surface area (Å²) in [5.74, 6) is -6.26. The van der Waals surface area contributed by atoms with Crippen molar-refractivity contribution in [1.29, 1.82) is 0 Å². The monoisotopic (exact) mass is 906 g/mol. The van der Waals surface area contributed by atoms with Gasteiger partial charge in [-0.2, -0.15) is 0 Å². The molecular formula is C42H63N6O14P. The molecule has 0 spiro atoms. The number of aliphatic hydroxyl groups is 1. The van der Waals surface area contributed by atoms with Gasteiger partial charge in [0.1, 0.15) is 24.0 Å². The lowest BCUT2D eigenvalue weighted by atomic mass is 9.89. The van der Waals surface area contributed by atoms with Crippen molar-refractivity contribution in [2.75, 3.05) is 40.1 Å². The number of likely N-dealkylation sites (tertiary alicyclic amines) is 1. The molecule has 2 aromatic rings. The molecule has 0 radical (unpaired) electrons. The molecule has 1 aromatic heterocycles. The number of aliphatic hydroxyl groups excluding tert-OH is 1. The number of phosphoric acid groups is 1. The van der Waals surface area contributed by atoms with Crippen LogP contribution in [0.3, 0.4) is 0 Å². The average Bonchev–Trinajstić information content (AvgIpc) is 3.91. The number of aromatic amines is 1. The normalized spacial score (nSPS) is 17.8. The Kier molecular flexibility index (Phi) is 22.4. The molecule has 350 valence electrons. The number of benzene rings is 1. The van der Waals surface area contributed by atoms with Crippen molar-refractivity contribution >= 4 is 49.1 Å². The zero-order valence-corrected chi connectivity index (χ0v) is 37.4. The van der Waals surface area contributed by atoms with Gasteiger partial charge in [-0.1, -0.05) is 49.3 Å². The predicted molar refractivity (Wildman–Crippen MR) is 228 cm³/mol. The lowest BCUT2D eigenvalue weighted by Crippen LogP contribution is -2.52. The van der Waals surface area contributed by atoms with Crippen molar-refractivity contribution in [3.05, 3.63) is 54.1 Å². The predicted octanol–water partition coefficient (Wildman–Crippen LogP) is 1.86. The van der Waals surface area contributed by atoms with Crippen LogP contribution in [0.5, 0.6) is 0 Å². The highest BCUT2D eigenvalue weighted by atomic mass is 31.2. The van der Waals surface area contributed by atoms with Gasteiger partial charge in [0, 0.05) is 50.9 Å². The number of Topliss-reactive ketones (excluding diaryl/α,β-unsaturated/α-hetero) is 3. The fourth-order valence-corrected chi connectivity index (χ4v) is 7.70. The molecule has 3 amide bonds. The van der Waals surface area contributed by atoms with Gasteiger partial charge in [0.15, 0.2) is 11.6 Å². The molecule has 2 heterocycles. The Morgan fingerprint density at radius 2 is 1.73 bits per heavy atom. The van der Waals surface area contributed by atoms with Crippen LogP contribution in [0, 0.1) is 17.8 Å². The number of imidazole rings is 1. The number of aryl methyl sites for hydroxylation is 1. The van der Waals surface area contributed by atoms with Crippen LogP contribution in [0.15, 0.2) is 48.0 Å². The third kappa shape index (κ3) is 18.9. The van der Waals surface area contributed by atoms with Gasteiger partial charge >= 0.3 is 7.82 Å². The van der Waals surface area contributed by atoms with Gasteiger partial charge in [0.2, 0.25) is 17.7 Å². The summed E-state index contributed by atoms with van der Waals surface area (Å²) in [6, 6.07) is 6.19. The van der Waals surface area contributed by atoms with E-state index in [1.165, 1.54) is 31.5 Å². The van der Waals surface area contributed by atoms with Crippen LogP contribution in [0.4, 0.5) is 0 Å². The molecule has 1 unspecified atom stereocenters. The summed E-state index contributed by atoms with van der Waals surface area (Å²) in [4.78, 5) is 114. The first-order valence-electron chi connectivity index (χ1n) is 21.0. The van der Waals surface area contributed by atoms with E-state index in [4.69, 9.17) is 14.3 Å². The second-order valence-corrected chi connectivity index (χ2v) is 17.2. The molecule has 20 nitrogen and oxygen atoms in total. The van der Waals surface area contributed by atoms with Crippen molar-refractivity contribution in [3.63, 3.8) is 0 Å². The van der Waals surface area contributed by atoms with Crippen LogP contribution in [-0.4, -0.2) is 141 Å². The van der Waals surface area contributed by atoms with Crippen LogP contribution in [-0.2, 0) is 65.0 Å². The molecule has 6 N–H and O–H groups in total. The number of amides is 3. The van der Waals surface area contributed by atoms with E-state index in [-0.39, 0.29) is 57.3 Å².